The van der Waals surface area contributed by atoms with E-state index in [0.717, 1.165) is 13.2 Å². The number of pyridine rings is 1. The quantitative estimate of drug-likeness (QED) is 0.588. The van der Waals surface area contributed by atoms with Crippen LogP contribution in [-0.2, 0) is 10.9 Å². The smallest absolute Gasteiger partial charge is 0.418 e. The monoisotopic (exact) mass is 283 g/mol. The van der Waals surface area contributed by atoms with E-state index in [1.54, 1.807) is 0 Å². The average Bonchev–Trinajstić information content (AvgIpc) is 2.14. The van der Waals surface area contributed by atoms with Gasteiger partial charge in [-0.2, -0.15) is 13.2 Å². The Balaban J connectivity index is 3.33. The van der Waals surface area contributed by atoms with Gasteiger partial charge in [0.25, 0.3) is 0 Å². The molecule has 0 saturated heterocycles. The molecule has 0 fully saturated rings. The number of alkyl halides is 3. The second kappa shape index (κ2) is 4.18. The van der Waals surface area contributed by atoms with Crippen molar-refractivity contribution >= 4 is 21.9 Å². The molecule has 0 aliphatic heterocycles. The van der Waals surface area contributed by atoms with Crippen LogP contribution in [0.4, 0.5) is 13.2 Å². The van der Waals surface area contributed by atoms with Crippen molar-refractivity contribution in [1.82, 2.24) is 4.98 Å². The van der Waals surface area contributed by atoms with E-state index >= 15 is 0 Å². The molecule has 1 rings (SSSR count). The van der Waals surface area contributed by atoms with Gasteiger partial charge in [0.05, 0.1) is 18.2 Å². The maximum atomic E-state index is 12.4. The van der Waals surface area contributed by atoms with E-state index in [1.807, 2.05) is 0 Å². The number of esters is 1. The Morgan fingerprint density at radius 3 is 2.60 bits per heavy atom. The summed E-state index contributed by atoms with van der Waals surface area (Å²) in [7, 11) is 1.01. The van der Waals surface area contributed by atoms with Crippen molar-refractivity contribution in [1.29, 1.82) is 0 Å². The largest absolute Gasteiger partial charge is 0.465 e. The predicted molar refractivity (Wildman–Crippen MR) is 48.3 cm³/mol. The highest BCUT2D eigenvalue weighted by Gasteiger charge is 2.36. The van der Waals surface area contributed by atoms with Crippen LogP contribution in [0.15, 0.2) is 16.9 Å². The van der Waals surface area contributed by atoms with E-state index in [2.05, 4.69) is 25.7 Å². The van der Waals surface area contributed by atoms with Crippen LogP contribution in [0.2, 0.25) is 0 Å². The first-order chi connectivity index (χ1) is 6.86. The van der Waals surface area contributed by atoms with Gasteiger partial charge >= 0.3 is 12.1 Å². The van der Waals surface area contributed by atoms with E-state index in [0.29, 0.717) is 6.20 Å². The summed E-state index contributed by atoms with van der Waals surface area (Å²) in [5, 5.41) is 0. The molecule has 3 nitrogen and oxygen atoms in total. The second-order valence-electron chi connectivity index (χ2n) is 2.54. The normalized spacial score (nSPS) is 11.3. The molecule has 1 heterocycles. The van der Waals surface area contributed by atoms with Crippen molar-refractivity contribution < 1.29 is 22.7 Å². The minimum Gasteiger partial charge on any atom is -0.465 e. The number of rotatable bonds is 1. The summed E-state index contributed by atoms with van der Waals surface area (Å²) in [6, 6.07) is 0.967. The molecule has 7 heteroatoms. The van der Waals surface area contributed by atoms with E-state index in [9.17, 15) is 18.0 Å². The van der Waals surface area contributed by atoms with Crippen LogP contribution >= 0.6 is 15.9 Å². The molecular formula is C8H5BrF3NO2. The fourth-order valence-electron chi connectivity index (χ4n) is 0.935. The second-order valence-corrected chi connectivity index (χ2v) is 3.35. The summed E-state index contributed by atoms with van der Waals surface area (Å²) in [6.07, 6.45) is -4.05. The van der Waals surface area contributed by atoms with Crippen LogP contribution in [-0.4, -0.2) is 18.1 Å². The summed E-state index contributed by atoms with van der Waals surface area (Å²) in [5.41, 5.74) is -1.68. The third-order valence-corrected chi connectivity index (χ3v) is 2.01. The number of aromatic nitrogens is 1. The molecule has 0 N–H and O–H groups in total. The first kappa shape index (κ1) is 12.0. The van der Waals surface area contributed by atoms with Crippen molar-refractivity contribution in [3.63, 3.8) is 0 Å². The van der Waals surface area contributed by atoms with Crippen LogP contribution in [0.25, 0.3) is 0 Å². The Morgan fingerprint density at radius 1 is 1.53 bits per heavy atom. The number of hydrogen-bond acceptors (Lipinski definition) is 3. The van der Waals surface area contributed by atoms with E-state index in [1.165, 1.54) is 0 Å². The third-order valence-electron chi connectivity index (χ3n) is 1.58. The molecule has 0 aromatic carbocycles. The Morgan fingerprint density at radius 2 is 2.13 bits per heavy atom. The summed E-state index contributed by atoms with van der Waals surface area (Å²) in [4.78, 5) is 14.5. The zero-order valence-corrected chi connectivity index (χ0v) is 9.02. The number of hydrogen-bond donors (Lipinski definition) is 0. The van der Waals surface area contributed by atoms with Gasteiger partial charge in [0.15, 0.2) is 0 Å². The molecule has 1 aromatic rings. The van der Waals surface area contributed by atoms with Gasteiger partial charge in [-0.3, -0.25) is 0 Å². The molecule has 1 aromatic heterocycles. The zero-order valence-electron chi connectivity index (χ0n) is 7.43. The lowest BCUT2D eigenvalue weighted by molar-refractivity contribution is -0.138. The van der Waals surface area contributed by atoms with Crippen molar-refractivity contribution in [3.05, 3.63) is 28.0 Å². The molecule has 15 heavy (non-hydrogen) atoms. The van der Waals surface area contributed by atoms with Gasteiger partial charge in [-0.15, -0.1) is 0 Å². The van der Waals surface area contributed by atoms with Gasteiger partial charge in [0, 0.05) is 6.20 Å². The number of carbonyl (C=O) groups is 1. The number of nitrogens with zero attached hydrogens (tertiary/aromatic N) is 1. The number of methoxy groups -OCH3 is 1. The molecule has 0 bridgehead atoms. The maximum absolute atomic E-state index is 12.4. The molecule has 0 aliphatic carbocycles. The fraction of sp³-hybridized carbons (Fsp3) is 0.250. The summed E-state index contributed by atoms with van der Waals surface area (Å²) < 4.78 is 41.6. The lowest BCUT2D eigenvalue weighted by Crippen LogP contribution is -2.14. The van der Waals surface area contributed by atoms with Crippen molar-refractivity contribution in [3.8, 4) is 0 Å². The van der Waals surface area contributed by atoms with Crippen LogP contribution in [0.3, 0.4) is 0 Å². The average molecular weight is 284 g/mol. The van der Waals surface area contributed by atoms with Crippen molar-refractivity contribution in [2.45, 2.75) is 6.18 Å². The predicted octanol–water partition coefficient (Wildman–Crippen LogP) is 2.65. The Kier molecular flexibility index (Phi) is 3.33. The molecular weight excluding hydrogens is 279 g/mol. The molecule has 0 atom stereocenters. The highest BCUT2D eigenvalue weighted by molar-refractivity contribution is 9.10. The number of halogens is 4. The first-order valence-corrected chi connectivity index (χ1v) is 4.46. The fourth-order valence-corrected chi connectivity index (χ4v) is 1.27. The molecule has 0 spiro atoms. The van der Waals surface area contributed by atoms with Gasteiger partial charge < -0.3 is 4.74 Å². The van der Waals surface area contributed by atoms with Gasteiger partial charge in [0.1, 0.15) is 4.60 Å². The number of ether oxygens (including phenoxy) is 1. The van der Waals surface area contributed by atoms with Crippen LogP contribution in [0.1, 0.15) is 15.9 Å². The van der Waals surface area contributed by atoms with Crippen LogP contribution < -0.4 is 0 Å². The highest BCUT2D eigenvalue weighted by Crippen LogP contribution is 2.32. The molecule has 0 unspecified atom stereocenters. The standard InChI is InChI=1S/C8H5BrF3NO2/c1-15-7(14)4-2-6(9)13-3-5(4)8(10,11)12/h2-3H,1H3. The minimum absolute atomic E-state index is 0.135. The molecule has 82 valence electrons. The lowest BCUT2D eigenvalue weighted by Gasteiger charge is -2.10. The Labute approximate surface area is 91.4 Å². The van der Waals surface area contributed by atoms with Gasteiger partial charge in [-0.1, -0.05) is 0 Å². The van der Waals surface area contributed by atoms with Gasteiger partial charge in [-0.05, 0) is 22.0 Å². The van der Waals surface area contributed by atoms with E-state index in [4.69, 9.17) is 0 Å². The molecule has 0 radical (unpaired) electrons. The highest BCUT2D eigenvalue weighted by atomic mass is 79.9. The zero-order chi connectivity index (χ0) is 11.6. The van der Waals surface area contributed by atoms with Crippen molar-refractivity contribution in [2.24, 2.45) is 0 Å². The van der Waals surface area contributed by atoms with E-state index < -0.39 is 23.3 Å². The van der Waals surface area contributed by atoms with Crippen LogP contribution in [0, 0.1) is 0 Å². The summed E-state index contributed by atoms with van der Waals surface area (Å²) in [6.45, 7) is 0. The Hall–Kier alpha value is -1.11. The SMILES string of the molecule is COC(=O)c1cc(Br)ncc1C(F)(F)F. The minimum atomic E-state index is -4.63. The van der Waals surface area contributed by atoms with Gasteiger partial charge in [0.2, 0.25) is 0 Å². The van der Waals surface area contributed by atoms with Crippen LogP contribution in [0.5, 0.6) is 0 Å². The first-order valence-electron chi connectivity index (χ1n) is 3.67. The molecule has 0 saturated carbocycles. The van der Waals surface area contributed by atoms with Crippen molar-refractivity contribution in [2.75, 3.05) is 7.11 Å². The topological polar surface area (TPSA) is 39.2 Å². The summed E-state index contributed by atoms with van der Waals surface area (Å²) in [5.74, 6) is -1.05. The maximum Gasteiger partial charge on any atom is 0.418 e. The molecule has 0 aliphatic rings. The number of carbonyl (C=O) groups excluding carboxylic acids is 1. The Bertz CT molecular complexity index is 392. The third kappa shape index (κ3) is 2.68. The van der Waals surface area contributed by atoms with Gasteiger partial charge in [-0.25, -0.2) is 9.78 Å². The molecule has 0 amide bonds. The van der Waals surface area contributed by atoms with E-state index in [-0.39, 0.29) is 4.60 Å². The summed E-state index contributed by atoms with van der Waals surface area (Å²) >= 11 is 2.87. The lowest BCUT2D eigenvalue weighted by atomic mass is 10.1.